The summed E-state index contributed by atoms with van der Waals surface area (Å²) in [6, 6.07) is 30.8. The summed E-state index contributed by atoms with van der Waals surface area (Å²) >= 11 is 1.49. The molecule has 2 heterocycles. The standard InChI is InChI=1S/C29H22O5S/c1-31-21-14-11-19(12-15-21)28-29(35-22-7-3-2-4-8-22,20-13-16-25-26(17-20)33-18-32-25)27(30)23-9-5-6-10-24(23)34-28/h2-17,28H,18H2,1H3. The van der Waals surface area contributed by atoms with Gasteiger partial charge in [-0.05, 0) is 59.7 Å². The third-order valence-electron chi connectivity index (χ3n) is 6.33. The zero-order chi connectivity index (χ0) is 23.8. The van der Waals surface area contributed by atoms with E-state index in [4.69, 9.17) is 18.9 Å². The molecule has 0 amide bonds. The molecule has 0 spiro atoms. The Bertz CT molecular complexity index is 1390. The van der Waals surface area contributed by atoms with Crippen LogP contribution in [0, 0.1) is 0 Å². The number of fused-ring (bicyclic) bond motifs is 2. The molecule has 0 aliphatic carbocycles. The highest BCUT2D eigenvalue weighted by Gasteiger charge is 2.54. The highest BCUT2D eigenvalue weighted by molar-refractivity contribution is 8.01. The topological polar surface area (TPSA) is 54.0 Å². The van der Waals surface area contributed by atoms with Crippen molar-refractivity contribution < 1.29 is 23.7 Å². The van der Waals surface area contributed by atoms with Crippen molar-refractivity contribution in [1.29, 1.82) is 0 Å². The number of benzene rings is 4. The summed E-state index contributed by atoms with van der Waals surface area (Å²) in [5, 5.41) is 0. The number of hydrogen-bond acceptors (Lipinski definition) is 6. The number of ketones is 1. The van der Waals surface area contributed by atoms with E-state index in [-0.39, 0.29) is 12.6 Å². The fraction of sp³-hybridized carbons (Fsp3) is 0.138. The van der Waals surface area contributed by atoms with Crippen molar-refractivity contribution >= 4 is 17.5 Å². The Kier molecular flexibility index (Phi) is 5.38. The maximum Gasteiger partial charge on any atom is 0.231 e. The molecule has 6 heteroatoms. The first-order valence-corrected chi connectivity index (χ1v) is 12.1. The zero-order valence-electron chi connectivity index (χ0n) is 19.0. The molecule has 0 fully saturated rings. The van der Waals surface area contributed by atoms with Crippen LogP contribution in [-0.2, 0) is 4.75 Å². The molecular weight excluding hydrogens is 460 g/mol. The minimum Gasteiger partial charge on any atom is -0.497 e. The molecule has 0 saturated heterocycles. The van der Waals surface area contributed by atoms with Gasteiger partial charge in [-0.1, -0.05) is 48.5 Å². The lowest BCUT2D eigenvalue weighted by atomic mass is 9.79. The number of carbonyl (C=O) groups is 1. The van der Waals surface area contributed by atoms with Crippen molar-refractivity contribution in [2.75, 3.05) is 13.9 Å². The van der Waals surface area contributed by atoms with E-state index in [1.165, 1.54) is 11.8 Å². The monoisotopic (exact) mass is 482 g/mol. The van der Waals surface area contributed by atoms with Crippen molar-refractivity contribution in [1.82, 2.24) is 0 Å². The fourth-order valence-electron chi connectivity index (χ4n) is 4.61. The van der Waals surface area contributed by atoms with Crippen LogP contribution in [0.2, 0.25) is 0 Å². The van der Waals surface area contributed by atoms with Gasteiger partial charge in [0.1, 0.15) is 16.2 Å². The number of thioether (sulfide) groups is 1. The van der Waals surface area contributed by atoms with Crippen LogP contribution in [-0.4, -0.2) is 19.7 Å². The van der Waals surface area contributed by atoms with E-state index in [9.17, 15) is 4.79 Å². The molecule has 0 aromatic heterocycles. The van der Waals surface area contributed by atoms with E-state index < -0.39 is 10.9 Å². The van der Waals surface area contributed by atoms with Crippen molar-refractivity contribution in [2.24, 2.45) is 0 Å². The van der Waals surface area contributed by atoms with Gasteiger partial charge >= 0.3 is 0 Å². The molecule has 35 heavy (non-hydrogen) atoms. The van der Waals surface area contributed by atoms with Gasteiger partial charge in [0.05, 0.1) is 12.7 Å². The summed E-state index contributed by atoms with van der Waals surface area (Å²) in [5.41, 5.74) is 2.21. The molecule has 2 atom stereocenters. The highest BCUT2D eigenvalue weighted by Crippen LogP contribution is 2.58. The maximum atomic E-state index is 14.6. The summed E-state index contributed by atoms with van der Waals surface area (Å²) in [7, 11) is 1.63. The van der Waals surface area contributed by atoms with E-state index in [2.05, 4.69) is 0 Å². The molecule has 0 N–H and O–H groups in total. The number of rotatable bonds is 5. The summed E-state index contributed by atoms with van der Waals surface area (Å²) in [6.45, 7) is 0.160. The molecule has 0 bridgehead atoms. The van der Waals surface area contributed by atoms with Gasteiger partial charge < -0.3 is 18.9 Å². The minimum atomic E-state index is -1.12. The molecule has 5 nitrogen and oxygen atoms in total. The van der Waals surface area contributed by atoms with Crippen LogP contribution in [0.4, 0.5) is 0 Å². The normalized spacial score (nSPS) is 20.1. The molecule has 2 aliphatic rings. The van der Waals surface area contributed by atoms with Gasteiger partial charge in [0, 0.05) is 4.90 Å². The first kappa shape index (κ1) is 21.6. The summed E-state index contributed by atoms with van der Waals surface area (Å²) in [5.74, 6) is 2.58. The Hall–Kier alpha value is -3.90. The third kappa shape index (κ3) is 3.61. The summed E-state index contributed by atoms with van der Waals surface area (Å²) in [6.07, 6.45) is -0.610. The zero-order valence-corrected chi connectivity index (χ0v) is 19.8. The van der Waals surface area contributed by atoms with Crippen LogP contribution in [0.15, 0.2) is 102 Å². The summed E-state index contributed by atoms with van der Waals surface area (Å²) < 4.78 is 22.2. The Labute approximate surface area is 207 Å². The lowest BCUT2D eigenvalue weighted by Crippen LogP contribution is -2.45. The smallest absolute Gasteiger partial charge is 0.231 e. The van der Waals surface area contributed by atoms with Crippen LogP contribution in [0.25, 0.3) is 0 Å². The van der Waals surface area contributed by atoms with Crippen molar-refractivity contribution in [2.45, 2.75) is 15.7 Å². The molecule has 2 aliphatic heterocycles. The van der Waals surface area contributed by atoms with Crippen LogP contribution in [0.1, 0.15) is 27.6 Å². The predicted octanol–water partition coefficient (Wildman–Crippen LogP) is 6.43. The number of methoxy groups -OCH3 is 1. The molecule has 174 valence electrons. The first-order valence-electron chi connectivity index (χ1n) is 11.3. The van der Waals surface area contributed by atoms with Gasteiger partial charge in [-0.2, -0.15) is 0 Å². The molecule has 4 aromatic carbocycles. The molecule has 0 saturated carbocycles. The van der Waals surface area contributed by atoms with Gasteiger partial charge in [-0.15, -0.1) is 11.8 Å². The largest absolute Gasteiger partial charge is 0.497 e. The number of ether oxygens (including phenoxy) is 4. The van der Waals surface area contributed by atoms with Gasteiger partial charge in [0.2, 0.25) is 6.79 Å². The third-order valence-corrected chi connectivity index (χ3v) is 7.79. The van der Waals surface area contributed by atoms with Gasteiger partial charge in [-0.3, -0.25) is 4.79 Å². The second-order valence-electron chi connectivity index (χ2n) is 8.32. The Morgan fingerprint density at radius 3 is 2.37 bits per heavy atom. The number of carbonyl (C=O) groups excluding carboxylic acids is 1. The van der Waals surface area contributed by atoms with Crippen LogP contribution in [0.3, 0.4) is 0 Å². The van der Waals surface area contributed by atoms with Crippen LogP contribution in [0.5, 0.6) is 23.0 Å². The first-order chi connectivity index (χ1) is 17.2. The van der Waals surface area contributed by atoms with E-state index in [0.29, 0.717) is 22.8 Å². The maximum absolute atomic E-state index is 14.6. The molecular formula is C29H22O5S. The quantitative estimate of drug-likeness (QED) is 0.327. The Morgan fingerprint density at radius 1 is 0.829 bits per heavy atom. The van der Waals surface area contributed by atoms with Gasteiger partial charge in [0.25, 0.3) is 0 Å². The van der Waals surface area contributed by atoms with Gasteiger partial charge in [-0.25, -0.2) is 0 Å². The average molecular weight is 483 g/mol. The number of Topliss-reactive ketones (excluding diaryl/α,β-unsaturated/α-hetero) is 1. The minimum absolute atomic E-state index is 0.0205. The molecule has 2 unspecified atom stereocenters. The molecule has 4 aromatic rings. The fourth-order valence-corrected chi connectivity index (χ4v) is 6.01. The van der Waals surface area contributed by atoms with E-state index in [0.717, 1.165) is 21.8 Å². The van der Waals surface area contributed by atoms with Crippen molar-refractivity contribution in [3.05, 3.63) is 114 Å². The Morgan fingerprint density at radius 2 is 1.57 bits per heavy atom. The molecule has 6 rings (SSSR count). The van der Waals surface area contributed by atoms with E-state index in [1.807, 2.05) is 97.1 Å². The number of hydrogen-bond donors (Lipinski definition) is 0. The highest BCUT2D eigenvalue weighted by atomic mass is 32.2. The average Bonchev–Trinajstić information content (AvgIpc) is 3.39. The van der Waals surface area contributed by atoms with Crippen LogP contribution >= 0.6 is 11.8 Å². The number of para-hydroxylation sites is 1. The van der Waals surface area contributed by atoms with Gasteiger partial charge in [0.15, 0.2) is 23.4 Å². The lowest BCUT2D eigenvalue weighted by Gasteiger charge is -2.43. The van der Waals surface area contributed by atoms with Crippen molar-refractivity contribution in [3.8, 4) is 23.0 Å². The summed E-state index contributed by atoms with van der Waals surface area (Å²) in [4.78, 5) is 15.5. The Balaban J connectivity index is 1.61. The second kappa shape index (κ2) is 8.71. The van der Waals surface area contributed by atoms with E-state index in [1.54, 1.807) is 7.11 Å². The van der Waals surface area contributed by atoms with E-state index >= 15 is 0 Å². The predicted molar refractivity (Wildman–Crippen MR) is 134 cm³/mol. The molecule has 0 radical (unpaired) electrons. The lowest BCUT2D eigenvalue weighted by molar-refractivity contribution is 0.0726. The van der Waals surface area contributed by atoms with Crippen molar-refractivity contribution in [3.63, 3.8) is 0 Å². The SMILES string of the molecule is COc1ccc(C2Oc3ccccc3C(=O)C2(Sc2ccccc2)c2ccc3c(c2)OCO3)cc1. The second-order valence-corrected chi connectivity index (χ2v) is 9.63. The van der Waals surface area contributed by atoms with Crippen LogP contribution < -0.4 is 18.9 Å².